The van der Waals surface area contributed by atoms with Gasteiger partial charge in [0, 0.05) is 17.3 Å². The van der Waals surface area contributed by atoms with Crippen molar-refractivity contribution in [1.29, 1.82) is 0 Å². The number of nitrogens with two attached hydrogens (primary N) is 2. The predicted molar refractivity (Wildman–Crippen MR) is 45.5 cm³/mol. The minimum Gasteiger partial charge on any atom is -0.505 e. The topological polar surface area (TPSA) is 72.3 Å². The third kappa shape index (κ3) is 2.30. The molecule has 0 saturated heterocycles. The highest BCUT2D eigenvalue weighted by molar-refractivity contribution is 5.49. The van der Waals surface area contributed by atoms with Crippen LogP contribution in [0.1, 0.15) is 11.6 Å². The highest BCUT2D eigenvalue weighted by Gasteiger charge is 2.39. The molecular weight excluding hydrogens is 216 g/mol. The Labute approximate surface area is 82.3 Å². The molecule has 0 spiro atoms. The van der Waals surface area contributed by atoms with E-state index in [9.17, 15) is 17.6 Å². The van der Waals surface area contributed by atoms with Crippen molar-refractivity contribution in [3.63, 3.8) is 0 Å². The van der Waals surface area contributed by atoms with E-state index in [1.807, 2.05) is 0 Å². The number of phenols is 1. The average Bonchev–Trinajstić information content (AvgIpc) is 2.08. The van der Waals surface area contributed by atoms with Crippen LogP contribution in [0.15, 0.2) is 12.1 Å². The zero-order chi connectivity index (χ0) is 11.8. The van der Waals surface area contributed by atoms with Crippen LogP contribution in [-0.4, -0.2) is 11.3 Å². The van der Waals surface area contributed by atoms with E-state index in [1.54, 1.807) is 0 Å². The molecular formula is C8H8F4N2O. The Bertz CT molecular complexity index is 378. The Hall–Kier alpha value is -1.50. The first-order valence-electron chi connectivity index (χ1n) is 3.83. The van der Waals surface area contributed by atoms with Crippen LogP contribution < -0.4 is 11.5 Å². The summed E-state index contributed by atoms with van der Waals surface area (Å²) in [7, 11) is 0. The molecule has 15 heavy (non-hydrogen) atoms. The van der Waals surface area contributed by atoms with Gasteiger partial charge in [0.1, 0.15) is 6.04 Å². The summed E-state index contributed by atoms with van der Waals surface area (Å²) < 4.78 is 49.4. The Morgan fingerprint density at radius 1 is 1.27 bits per heavy atom. The first-order chi connectivity index (χ1) is 6.73. The molecule has 0 heterocycles. The third-order valence-corrected chi connectivity index (χ3v) is 1.80. The number of nitrogen functional groups attached to an aromatic ring is 1. The summed E-state index contributed by atoms with van der Waals surface area (Å²) in [5, 5.41) is 9.05. The number of benzene rings is 1. The van der Waals surface area contributed by atoms with Gasteiger partial charge >= 0.3 is 6.18 Å². The lowest BCUT2D eigenvalue weighted by atomic mass is 10.0. The lowest BCUT2D eigenvalue weighted by Gasteiger charge is -2.17. The number of aromatic hydroxyl groups is 1. The number of anilines is 1. The quantitative estimate of drug-likeness (QED) is 0.386. The minimum absolute atomic E-state index is 0.236. The summed E-state index contributed by atoms with van der Waals surface area (Å²) in [4.78, 5) is 0. The molecule has 1 rings (SSSR count). The van der Waals surface area contributed by atoms with Gasteiger partial charge in [0.05, 0.1) is 0 Å². The highest BCUT2D eigenvalue weighted by Crippen LogP contribution is 2.37. The van der Waals surface area contributed by atoms with Gasteiger partial charge in [-0.3, -0.25) is 0 Å². The molecule has 5 N–H and O–H groups in total. The van der Waals surface area contributed by atoms with Crippen LogP contribution in [0.4, 0.5) is 23.2 Å². The zero-order valence-corrected chi connectivity index (χ0v) is 7.35. The summed E-state index contributed by atoms with van der Waals surface area (Å²) in [6.07, 6.45) is -4.77. The van der Waals surface area contributed by atoms with Crippen molar-refractivity contribution < 1.29 is 22.7 Å². The molecule has 0 amide bonds. The average molecular weight is 224 g/mol. The molecule has 84 valence electrons. The van der Waals surface area contributed by atoms with Crippen molar-refractivity contribution >= 4 is 5.69 Å². The second kappa shape index (κ2) is 3.58. The van der Waals surface area contributed by atoms with Crippen molar-refractivity contribution in [3.05, 3.63) is 23.5 Å². The van der Waals surface area contributed by atoms with Gasteiger partial charge in [-0.25, -0.2) is 4.39 Å². The number of hydrogen-bond donors (Lipinski definition) is 3. The van der Waals surface area contributed by atoms with Crippen molar-refractivity contribution in [3.8, 4) is 5.75 Å². The summed E-state index contributed by atoms with van der Waals surface area (Å²) in [5.41, 5.74) is 8.92. The largest absolute Gasteiger partial charge is 0.505 e. The van der Waals surface area contributed by atoms with Gasteiger partial charge in [0.25, 0.3) is 0 Å². The molecule has 0 aliphatic carbocycles. The maximum Gasteiger partial charge on any atom is 0.407 e. The van der Waals surface area contributed by atoms with E-state index in [0.717, 1.165) is 6.07 Å². The van der Waals surface area contributed by atoms with E-state index in [0.29, 0.717) is 6.07 Å². The molecule has 0 aliphatic heterocycles. The summed E-state index contributed by atoms with van der Waals surface area (Å²) >= 11 is 0. The second-order valence-electron chi connectivity index (χ2n) is 2.96. The number of hydrogen-bond acceptors (Lipinski definition) is 3. The maximum atomic E-state index is 12.8. The molecule has 1 atom stereocenters. The van der Waals surface area contributed by atoms with Crippen LogP contribution in [0.3, 0.4) is 0 Å². The number of halogens is 4. The van der Waals surface area contributed by atoms with Crippen LogP contribution in [0.2, 0.25) is 0 Å². The molecule has 3 nitrogen and oxygen atoms in total. The summed E-state index contributed by atoms with van der Waals surface area (Å²) in [6.45, 7) is 0. The Morgan fingerprint density at radius 3 is 2.27 bits per heavy atom. The van der Waals surface area contributed by atoms with E-state index in [-0.39, 0.29) is 5.69 Å². The van der Waals surface area contributed by atoms with Gasteiger partial charge in [0.15, 0.2) is 11.6 Å². The van der Waals surface area contributed by atoms with Gasteiger partial charge in [-0.2, -0.15) is 13.2 Å². The first-order valence-corrected chi connectivity index (χ1v) is 3.83. The molecule has 0 saturated carbocycles. The van der Waals surface area contributed by atoms with Gasteiger partial charge in [0.2, 0.25) is 0 Å². The van der Waals surface area contributed by atoms with Gasteiger partial charge in [-0.05, 0) is 6.07 Å². The molecule has 0 unspecified atom stereocenters. The number of alkyl halides is 3. The highest BCUT2D eigenvalue weighted by atomic mass is 19.4. The van der Waals surface area contributed by atoms with Crippen molar-refractivity contribution in [2.24, 2.45) is 5.73 Å². The Balaban J connectivity index is 3.25. The molecule has 0 aromatic heterocycles. The zero-order valence-electron chi connectivity index (χ0n) is 7.35. The molecule has 0 radical (unpaired) electrons. The number of rotatable bonds is 1. The maximum absolute atomic E-state index is 12.8. The Kier molecular flexibility index (Phi) is 2.76. The summed E-state index contributed by atoms with van der Waals surface area (Å²) in [5.74, 6) is -2.36. The van der Waals surface area contributed by atoms with E-state index in [1.165, 1.54) is 0 Å². The third-order valence-electron chi connectivity index (χ3n) is 1.80. The van der Waals surface area contributed by atoms with Crippen molar-refractivity contribution in [2.45, 2.75) is 12.2 Å². The Morgan fingerprint density at radius 2 is 1.80 bits per heavy atom. The van der Waals surface area contributed by atoms with Crippen LogP contribution in [0.25, 0.3) is 0 Å². The molecule has 0 bridgehead atoms. The lowest BCUT2D eigenvalue weighted by molar-refractivity contribution is -0.149. The lowest BCUT2D eigenvalue weighted by Crippen LogP contribution is -2.28. The van der Waals surface area contributed by atoms with Crippen LogP contribution in [-0.2, 0) is 0 Å². The molecule has 0 fully saturated rings. The monoisotopic (exact) mass is 224 g/mol. The normalized spacial score (nSPS) is 13.9. The molecule has 7 heteroatoms. The summed E-state index contributed by atoms with van der Waals surface area (Å²) in [6, 6.07) is -0.964. The predicted octanol–water partition coefficient (Wildman–Crippen LogP) is 1.68. The standard InChI is InChI=1S/C8H8F4N2O/c9-5-2-3(13)1-4(6(5)15)7(14)8(10,11)12/h1-2,7,15H,13-14H2/t7-/m0/s1. The molecule has 1 aromatic rings. The first kappa shape index (κ1) is 11.6. The van der Waals surface area contributed by atoms with Crippen molar-refractivity contribution in [1.82, 2.24) is 0 Å². The molecule has 1 aromatic carbocycles. The van der Waals surface area contributed by atoms with Crippen LogP contribution >= 0.6 is 0 Å². The SMILES string of the molecule is Nc1cc(F)c(O)c([C@H](N)C(F)(F)F)c1. The fourth-order valence-corrected chi connectivity index (χ4v) is 1.06. The van der Waals surface area contributed by atoms with E-state index in [4.69, 9.17) is 16.6 Å². The van der Waals surface area contributed by atoms with Gasteiger partial charge < -0.3 is 16.6 Å². The molecule has 0 aliphatic rings. The minimum atomic E-state index is -4.77. The van der Waals surface area contributed by atoms with Crippen LogP contribution in [0, 0.1) is 5.82 Å². The van der Waals surface area contributed by atoms with Gasteiger partial charge in [-0.1, -0.05) is 0 Å². The van der Waals surface area contributed by atoms with E-state index in [2.05, 4.69) is 0 Å². The number of phenolic OH excluding ortho intramolecular Hbond substituents is 1. The fraction of sp³-hybridized carbons (Fsp3) is 0.250. The van der Waals surface area contributed by atoms with Gasteiger partial charge in [-0.15, -0.1) is 0 Å². The smallest absolute Gasteiger partial charge is 0.407 e. The van der Waals surface area contributed by atoms with E-state index >= 15 is 0 Å². The van der Waals surface area contributed by atoms with Crippen molar-refractivity contribution in [2.75, 3.05) is 5.73 Å². The second-order valence-corrected chi connectivity index (χ2v) is 2.96. The van der Waals surface area contributed by atoms with Crippen LogP contribution in [0.5, 0.6) is 5.75 Å². The fourth-order valence-electron chi connectivity index (χ4n) is 1.06. The van der Waals surface area contributed by atoms with E-state index < -0.39 is 29.3 Å².